The van der Waals surface area contributed by atoms with E-state index in [-0.39, 0.29) is 6.61 Å². The zero-order valence-electron chi connectivity index (χ0n) is 8.81. The summed E-state index contributed by atoms with van der Waals surface area (Å²) in [4.78, 5) is 0. The van der Waals surface area contributed by atoms with Crippen LogP contribution in [0, 0.1) is 0 Å². The summed E-state index contributed by atoms with van der Waals surface area (Å²) < 4.78 is 5.29. The highest BCUT2D eigenvalue weighted by Gasteiger charge is 2.00. The van der Waals surface area contributed by atoms with Crippen molar-refractivity contribution in [3.63, 3.8) is 0 Å². The molecule has 0 radical (unpaired) electrons. The van der Waals surface area contributed by atoms with Gasteiger partial charge in [-0.3, -0.25) is 0 Å². The quantitative estimate of drug-likeness (QED) is 0.653. The molecule has 84 valence electrons. The molecule has 1 aromatic carbocycles. The Bertz CT molecular complexity index is 274. The molecule has 4 heteroatoms. The van der Waals surface area contributed by atoms with E-state index in [0.717, 1.165) is 11.4 Å². The van der Waals surface area contributed by atoms with Gasteiger partial charge in [0, 0.05) is 12.2 Å². The number of rotatable bonds is 6. The van der Waals surface area contributed by atoms with Crippen LogP contribution in [0.3, 0.4) is 0 Å². The Morgan fingerprint density at radius 1 is 1.33 bits per heavy atom. The minimum Gasteiger partial charge on any atom is -0.494 e. The SMILES string of the molecule is CCOc1ccc(NC[C@@H](O)CO)cc1. The molecule has 0 aliphatic rings. The Labute approximate surface area is 89.5 Å². The van der Waals surface area contributed by atoms with Crippen molar-refractivity contribution in [1.29, 1.82) is 0 Å². The van der Waals surface area contributed by atoms with Crippen molar-refractivity contribution >= 4 is 5.69 Å². The Morgan fingerprint density at radius 3 is 2.53 bits per heavy atom. The molecule has 0 spiro atoms. The van der Waals surface area contributed by atoms with Gasteiger partial charge in [-0.25, -0.2) is 0 Å². The Balaban J connectivity index is 2.42. The van der Waals surface area contributed by atoms with Crippen molar-refractivity contribution in [2.45, 2.75) is 13.0 Å². The van der Waals surface area contributed by atoms with Crippen LogP contribution in [-0.2, 0) is 0 Å². The average molecular weight is 211 g/mol. The van der Waals surface area contributed by atoms with E-state index in [9.17, 15) is 0 Å². The van der Waals surface area contributed by atoms with E-state index in [2.05, 4.69) is 5.32 Å². The van der Waals surface area contributed by atoms with E-state index in [1.165, 1.54) is 0 Å². The topological polar surface area (TPSA) is 61.7 Å². The maximum absolute atomic E-state index is 9.12. The van der Waals surface area contributed by atoms with Crippen LogP contribution >= 0.6 is 0 Å². The molecule has 0 aliphatic carbocycles. The highest BCUT2D eigenvalue weighted by molar-refractivity contribution is 5.46. The van der Waals surface area contributed by atoms with Gasteiger partial charge in [0.05, 0.1) is 19.3 Å². The number of hydrogen-bond acceptors (Lipinski definition) is 4. The van der Waals surface area contributed by atoms with Gasteiger partial charge in [-0.2, -0.15) is 0 Å². The predicted molar refractivity (Wildman–Crippen MR) is 59.2 cm³/mol. The van der Waals surface area contributed by atoms with Crippen LogP contribution in [0.15, 0.2) is 24.3 Å². The van der Waals surface area contributed by atoms with Gasteiger partial charge in [-0.05, 0) is 31.2 Å². The molecule has 0 heterocycles. The summed E-state index contributed by atoms with van der Waals surface area (Å²) in [6.45, 7) is 2.69. The van der Waals surface area contributed by atoms with Crippen LogP contribution in [0.25, 0.3) is 0 Å². The summed E-state index contributed by atoms with van der Waals surface area (Å²) in [5, 5.41) is 20.7. The first-order chi connectivity index (χ1) is 7.26. The normalized spacial score (nSPS) is 12.2. The summed E-state index contributed by atoms with van der Waals surface area (Å²) in [7, 11) is 0. The molecule has 0 saturated heterocycles. The predicted octanol–water partition coefficient (Wildman–Crippen LogP) is 0.850. The second kappa shape index (κ2) is 6.27. The van der Waals surface area contributed by atoms with Gasteiger partial charge in [0.1, 0.15) is 5.75 Å². The number of hydrogen-bond donors (Lipinski definition) is 3. The number of aliphatic hydroxyl groups excluding tert-OH is 2. The lowest BCUT2D eigenvalue weighted by Gasteiger charge is -2.10. The van der Waals surface area contributed by atoms with Gasteiger partial charge < -0.3 is 20.3 Å². The van der Waals surface area contributed by atoms with Gasteiger partial charge in [0.2, 0.25) is 0 Å². The van der Waals surface area contributed by atoms with Crippen molar-refractivity contribution in [2.75, 3.05) is 25.1 Å². The number of nitrogens with one attached hydrogen (secondary N) is 1. The van der Waals surface area contributed by atoms with Crippen molar-refractivity contribution in [2.24, 2.45) is 0 Å². The van der Waals surface area contributed by atoms with Gasteiger partial charge in [0.15, 0.2) is 0 Å². The average Bonchev–Trinajstić information content (AvgIpc) is 2.28. The molecule has 0 aliphatic heterocycles. The number of ether oxygens (including phenoxy) is 1. The third-order valence-corrected chi connectivity index (χ3v) is 1.92. The summed E-state index contributed by atoms with van der Waals surface area (Å²) >= 11 is 0. The summed E-state index contributed by atoms with van der Waals surface area (Å²) in [5.74, 6) is 0.825. The highest BCUT2D eigenvalue weighted by atomic mass is 16.5. The molecule has 4 nitrogen and oxygen atoms in total. The monoisotopic (exact) mass is 211 g/mol. The first-order valence-electron chi connectivity index (χ1n) is 5.02. The van der Waals surface area contributed by atoms with Crippen LogP contribution in [0.4, 0.5) is 5.69 Å². The van der Waals surface area contributed by atoms with Crippen molar-refractivity contribution < 1.29 is 14.9 Å². The van der Waals surface area contributed by atoms with Crippen molar-refractivity contribution in [3.8, 4) is 5.75 Å². The maximum atomic E-state index is 9.12. The molecule has 0 amide bonds. The lowest BCUT2D eigenvalue weighted by Crippen LogP contribution is -2.22. The molecule has 1 rings (SSSR count). The van der Waals surface area contributed by atoms with Crippen LogP contribution in [0.1, 0.15) is 6.92 Å². The molecule has 15 heavy (non-hydrogen) atoms. The fraction of sp³-hybridized carbons (Fsp3) is 0.455. The number of benzene rings is 1. The minimum atomic E-state index is -0.725. The number of aliphatic hydroxyl groups is 2. The first-order valence-corrected chi connectivity index (χ1v) is 5.02. The molecule has 0 bridgehead atoms. The third kappa shape index (κ3) is 4.18. The van der Waals surface area contributed by atoms with Crippen LogP contribution in [0.2, 0.25) is 0 Å². The summed E-state index contributed by atoms with van der Waals surface area (Å²) in [5.41, 5.74) is 0.894. The minimum absolute atomic E-state index is 0.232. The van der Waals surface area contributed by atoms with Crippen molar-refractivity contribution in [1.82, 2.24) is 0 Å². The van der Waals surface area contributed by atoms with Crippen molar-refractivity contribution in [3.05, 3.63) is 24.3 Å². The standard InChI is InChI=1S/C11H17NO3/c1-2-15-11-5-3-9(4-6-11)12-7-10(14)8-13/h3-6,10,12-14H,2,7-8H2,1H3/t10-/m1/s1. The Hall–Kier alpha value is -1.26. The maximum Gasteiger partial charge on any atom is 0.119 e. The van der Waals surface area contributed by atoms with Crippen LogP contribution < -0.4 is 10.1 Å². The third-order valence-electron chi connectivity index (χ3n) is 1.92. The first kappa shape index (κ1) is 11.8. The summed E-state index contributed by atoms with van der Waals surface area (Å²) in [6, 6.07) is 7.46. The Morgan fingerprint density at radius 2 is 2.00 bits per heavy atom. The largest absolute Gasteiger partial charge is 0.494 e. The summed E-state index contributed by atoms with van der Waals surface area (Å²) in [6.07, 6.45) is -0.725. The van der Waals surface area contributed by atoms with E-state index < -0.39 is 6.10 Å². The van der Waals surface area contributed by atoms with Gasteiger partial charge >= 0.3 is 0 Å². The molecule has 0 fully saturated rings. The van der Waals surface area contributed by atoms with E-state index in [1.54, 1.807) is 0 Å². The molecule has 1 aromatic rings. The van der Waals surface area contributed by atoms with E-state index in [1.807, 2.05) is 31.2 Å². The zero-order chi connectivity index (χ0) is 11.1. The molecule has 3 N–H and O–H groups in total. The molecule has 0 unspecified atom stereocenters. The molecule has 0 saturated carbocycles. The smallest absolute Gasteiger partial charge is 0.119 e. The molecular formula is C11H17NO3. The van der Waals surface area contributed by atoms with Crippen LogP contribution in [0.5, 0.6) is 5.75 Å². The van der Waals surface area contributed by atoms with Crippen LogP contribution in [-0.4, -0.2) is 36.1 Å². The van der Waals surface area contributed by atoms with Gasteiger partial charge in [0.25, 0.3) is 0 Å². The zero-order valence-corrected chi connectivity index (χ0v) is 8.81. The lowest BCUT2D eigenvalue weighted by atomic mass is 10.3. The lowest BCUT2D eigenvalue weighted by molar-refractivity contribution is 0.105. The molecule has 1 atom stereocenters. The number of anilines is 1. The highest BCUT2D eigenvalue weighted by Crippen LogP contribution is 2.15. The Kier molecular flexibility index (Phi) is 4.93. The fourth-order valence-electron chi connectivity index (χ4n) is 1.14. The van der Waals surface area contributed by atoms with Gasteiger partial charge in [-0.15, -0.1) is 0 Å². The van der Waals surface area contributed by atoms with E-state index in [4.69, 9.17) is 14.9 Å². The second-order valence-electron chi connectivity index (χ2n) is 3.17. The van der Waals surface area contributed by atoms with Gasteiger partial charge in [-0.1, -0.05) is 0 Å². The second-order valence-corrected chi connectivity index (χ2v) is 3.17. The molecular weight excluding hydrogens is 194 g/mol. The molecule has 0 aromatic heterocycles. The van der Waals surface area contributed by atoms with E-state index >= 15 is 0 Å². The van der Waals surface area contributed by atoms with E-state index in [0.29, 0.717) is 13.2 Å². The fourth-order valence-corrected chi connectivity index (χ4v) is 1.14.